The van der Waals surface area contributed by atoms with Crippen molar-refractivity contribution in [3.05, 3.63) is 54.1 Å². The molecular weight excluding hydrogens is 266 g/mol. The monoisotopic (exact) mass is 283 g/mol. The number of hydrogen-bond donors (Lipinski definition) is 2. The zero-order valence-corrected chi connectivity index (χ0v) is 12.2. The van der Waals surface area contributed by atoms with Crippen molar-refractivity contribution >= 4 is 32.4 Å². The van der Waals surface area contributed by atoms with Gasteiger partial charge in [0.25, 0.3) is 0 Å². The standard InChI is InChI=1S/C16H17N3S/c1-2-13(11-6-4-3-5-7-11)18-16-19-14-9-8-12(17)10-15(14)20-16/h3-10,13H,2,17H2,1H3,(H,18,19). The van der Waals surface area contributed by atoms with Crippen LogP contribution in [0.5, 0.6) is 0 Å². The van der Waals surface area contributed by atoms with Crippen LogP contribution in [-0.2, 0) is 0 Å². The van der Waals surface area contributed by atoms with Crippen molar-refractivity contribution < 1.29 is 0 Å². The topological polar surface area (TPSA) is 50.9 Å². The van der Waals surface area contributed by atoms with Crippen LogP contribution in [0.1, 0.15) is 24.9 Å². The smallest absolute Gasteiger partial charge is 0.184 e. The van der Waals surface area contributed by atoms with Crippen LogP contribution in [0.25, 0.3) is 10.2 Å². The molecule has 0 saturated carbocycles. The van der Waals surface area contributed by atoms with Gasteiger partial charge in [-0.1, -0.05) is 48.6 Å². The molecule has 4 heteroatoms. The maximum Gasteiger partial charge on any atom is 0.184 e. The molecule has 3 aromatic rings. The van der Waals surface area contributed by atoms with E-state index in [1.54, 1.807) is 11.3 Å². The van der Waals surface area contributed by atoms with Gasteiger partial charge in [0.15, 0.2) is 5.13 Å². The minimum Gasteiger partial charge on any atom is -0.399 e. The van der Waals surface area contributed by atoms with Crippen molar-refractivity contribution in [1.29, 1.82) is 0 Å². The first-order chi connectivity index (χ1) is 9.76. The van der Waals surface area contributed by atoms with E-state index in [0.29, 0.717) is 0 Å². The average Bonchev–Trinajstić information content (AvgIpc) is 2.87. The van der Waals surface area contributed by atoms with Crippen LogP contribution >= 0.6 is 11.3 Å². The van der Waals surface area contributed by atoms with Crippen LogP contribution in [0.15, 0.2) is 48.5 Å². The molecule has 3 nitrogen and oxygen atoms in total. The molecule has 20 heavy (non-hydrogen) atoms. The van der Waals surface area contributed by atoms with Gasteiger partial charge in [0.2, 0.25) is 0 Å². The Morgan fingerprint density at radius 3 is 2.75 bits per heavy atom. The molecule has 0 aliphatic rings. The molecule has 0 fully saturated rings. The van der Waals surface area contributed by atoms with Gasteiger partial charge >= 0.3 is 0 Å². The van der Waals surface area contributed by atoms with E-state index >= 15 is 0 Å². The lowest BCUT2D eigenvalue weighted by molar-refractivity contribution is 0.748. The molecule has 1 unspecified atom stereocenters. The molecule has 2 aromatic carbocycles. The van der Waals surface area contributed by atoms with E-state index in [9.17, 15) is 0 Å². The summed E-state index contributed by atoms with van der Waals surface area (Å²) < 4.78 is 1.12. The molecule has 0 aliphatic heterocycles. The minimum atomic E-state index is 0.286. The Morgan fingerprint density at radius 1 is 1.20 bits per heavy atom. The van der Waals surface area contributed by atoms with Crippen LogP contribution in [0, 0.1) is 0 Å². The Morgan fingerprint density at radius 2 is 2.00 bits per heavy atom. The number of thiazole rings is 1. The highest BCUT2D eigenvalue weighted by atomic mass is 32.1. The molecule has 0 spiro atoms. The SMILES string of the molecule is CCC(Nc1nc2ccc(N)cc2s1)c1ccccc1. The molecule has 0 saturated heterocycles. The van der Waals surface area contributed by atoms with Crippen molar-refractivity contribution in [3.63, 3.8) is 0 Å². The van der Waals surface area contributed by atoms with Gasteiger partial charge in [-0.25, -0.2) is 4.98 Å². The van der Waals surface area contributed by atoms with Gasteiger partial charge in [0, 0.05) is 5.69 Å². The number of anilines is 2. The van der Waals surface area contributed by atoms with Crippen LogP contribution < -0.4 is 11.1 Å². The van der Waals surface area contributed by atoms with Gasteiger partial charge in [-0.2, -0.15) is 0 Å². The summed E-state index contributed by atoms with van der Waals surface area (Å²) in [6, 6.07) is 16.6. The molecular formula is C16H17N3S. The summed E-state index contributed by atoms with van der Waals surface area (Å²) in [6.45, 7) is 2.18. The zero-order chi connectivity index (χ0) is 13.9. The fourth-order valence-corrected chi connectivity index (χ4v) is 3.23. The predicted octanol–water partition coefficient (Wildman–Crippen LogP) is 4.44. The first kappa shape index (κ1) is 12.9. The Balaban J connectivity index is 1.87. The summed E-state index contributed by atoms with van der Waals surface area (Å²) in [4.78, 5) is 4.62. The molecule has 102 valence electrons. The molecule has 0 bridgehead atoms. The number of aromatic nitrogens is 1. The van der Waals surface area contributed by atoms with E-state index in [4.69, 9.17) is 5.73 Å². The summed E-state index contributed by atoms with van der Waals surface area (Å²) in [5, 5.41) is 4.47. The normalized spacial score (nSPS) is 12.4. The van der Waals surface area contributed by atoms with Crippen LogP contribution in [0.2, 0.25) is 0 Å². The lowest BCUT2D eigenvalue weighted by Gasteiger charge is -2.16. The van der Waals surface area contributed by atoms with Crippen LogP contribution in [-0.4, -0.2) is 4.98 Å². The van der Waals surface area contributed by atoms with E-state index in [-0.39, 0.29) is 6.04 Å². The third-order valence-corrected chi connectivity index (χ3v) is 4.27. The number of nitrogens with zero attached hydrogens (tertiary/aromatic N) is 1. The predicted molar refractivity (Wildman–Crippen MR) is 87.1 cm³/mol. The fraction of sp³-hybridized carbons (Fsp3) is 0.188. The van der Waals surface area contributed by atoms with Crippen molar-refractivity contribution in [1.82, 2.24) is 4.98 Å². The largest absolute Gasteiger partial charge is 0.399 e. The number of fused-ring (bicyclic) bond motifs is 1. The van der Waals surface area contributed by atoms with Crippen molar-refractivity contribution in [3.8, 4) is 0 Å². The van der Waals surface area contributed by atoms with Crippen molar-refractivity contribution in [2.45, 2.75) is 19.4 Å². The number of benzene rings is 2. The molecule has 3 N–H and O–H groups in total. The number of nitrogen functional groups attached to an aromatic ring is 1. The summed E-state index contributed by atoms with van der Waals surface area (Å²) in [5.74, 6) is 0. The number of nitrogens with one attached hydrogen (secondary N) is 1. The number of nitrogens with two attached hydrogens (primary N) is 1. The zero-order valence-electron chi connectivity index (χ0n) is 11.3. The maximum absolute atomic E-state index is 5.81. The molecule has 1 atom stereocenters. The van der Waals surface area contributed by atoms with Crippen molar-refractivity contribution in [2.75, 3.05) is 11.1 Å². The molecule has 0 aliphatic carbocycles. The Hall–Kier alpha value is -2.07. The molecule has 3 rings (SSSR count). The van der Waals surface area contributed by atoms with Crippen LogP contribution in [0.4, 0.5) is 10.8 Å². The first-order valence-electron chi connectivity index (χ1n) is 6.74. The molecule has 1 aromatic heterocycles. The highest BCUT2D eigenvalue weighted by molar-refractivity contribution is 7.22. The fourth-order valence-electron chi connectivity index (χ4n) is 2.26. The summed E-state index contributed by atoms with van der Waals surface area (Å²) in [6.07, 6.45) is 1.02. The van der Waals surface area contributed by atoms with E-state index in [1.165, 1.54) is 5.56 Å². The lowest BCUT2D eigenvalue weighted by Crippen LogP contribution is -2.09. The van der Waals surface area contributed by atoms with Crippen LogP contribution in [0.3, 0.4) is 0 Å². The van der Waals surface area contributed by atoms with Gasteiger partial charge in [-0.05, 0) is 30.2 Å². The molecule has 0 amide bonds. The van der Waals surface area contributed by atoms with E-state index in [0.717, 1.165) is 27.5 Å². The van der Waals surface area contributed by atoms with Gasteiger partial charge in [-0.15, -0.1) is 0 Å². The Bertz CT molecular complexity index is 706. The van der Waals surface area contributed by atoms with Crippen molar-refractivity contribution in [2.24, 2.45) is 0 Å². The van der Waals surface area contributed by atoms with E-state index < -0.39 is 0 Å². The van der Waals surface area contributed by atoms with E-state index in [2.05, 4.69) is 41.5 Å². The lowest BCUT2D eigenvalue weighted by atomic mass is 10.1. The van der Waals surface area contributed by atoms with Gasteiger partial charge < -0.3 is 11.1 Å². The number of hydrogen-bond acceptors (Lipinski definition) is 4. The second kappa shape index (κ2) is 5.51. The van der Waals surface area contributed by atoms with Gasteiger partial charge in [0.1, 0.15) is 0 Å². The average molecular weight is 283 g/mol. The quantitative estimate of drug-likeness (QED) is 0.696. The molecule has 1 heterocycles. The maximum atomic E-state index is 5.81. The summed E-state index contributed by atoms with van der Waals surface area (Å²) in [7, 11) is 0. The first-order valence-corrected chi connectivity index (χ1v) is 7.55. The summed E-state index contributed by atoms with van der Waals surface area (Å²) >= 11 is 1.65. The molecule has 0 radical (unpaired) electrons. The van der Waals surface area contributed by atoms with Gasteiger partial charge in [-0.3, -0.25) is 0 Å². The van der Waals surface area contributed by atoms with E-state index in [1.807, 2.05) is 24.3 Å². The second-order valence-corrected chi connectivity index (χ2v) is 5.79. The van der Waals surface area contributed by atoms with Gasteiger partial charge in [0.05, 0.1) is 16.3 Å². The second-order valence-electron chi connectivity index (χ2n) is 4.76. The number of rotatable bonds is 4. The Kier molecular flexibility index (Phi) is 3.56. The third-order valence-electron chi connectivity index (χ3n) is 3.32. The third kappa shape index (κ3) is 2.60. The Labute approximate surface area is 122 Å². The highest BCUT2D eigenvalue weighted by Gasteiger charge is 2.11. The summed E-state index contributed by atoms with van der Waals surface area (Å²) in [5.41, 5.74) is 8.87. The minimum absolute atomic E-state index is 0.286. The highest BCUT2D eigenvalue weighted by Crippen LogP contribution is 2.30.